The van der Waals surface area contributed by atoms with E-state index >= 15 is 0 Å². The molecule has 0 radical (unpaired) electrons. The number of rotatable bonds is 4. The van der Waals surface area contributed by atoms with Crippen molar-refractivity contribution in [3.63, 3.8) is 0 Å². The highest BCUT2D eigenvalue weighted by Gasteiger charge is 2.46. The summed E-state index contributed by atoms with van der Waals surface area (Å²) in [5.74, 6) is 0.423. The van der Waals surface area contributed by atoms with Gasteiger partial charge in [0.25, 0.3) is 0 Å². The monoisotopic (exact) mass is 322 g/mol. The van der Waals surface area contributed by atoms with Gasteiger partial charge in [0, 0.05) is 11.1 Å². The number of hydrogen-bond acceptors (Lipinski definition) is 4. The predicted molar refractivity (Wildman–Crippen MR) is 83.0 cm³/mol. The summed E-state index contributed by atoms with van der Waals surface area (Å²) in [7, 11) is 0. The Morgan fingerprint density at radius 3 is 2.68 bits per heavy atom. The summed E-state index contributed by atoms with van der Waals surface area (Å²) >= 11 is 5.92. The van der Waals surface area contributed by atoms with E-state index in [9.17, 15) is 4.79 Å². The average Bonchev–Trinajstić information content (AvgIpc) is 3.14. The number of benzene rings is 1. The molecule has 0 aliphatic heterocycles. The van der Waals surface area contributed by atoms with E-state index in [0.29, 0.717) is 16.3 Å². The second-order valence-corrected chi connectivity index (χ2v) is 6.88. The maximum atomic E-state index is 11.8. The average molecular weight is 323 g/mol. The minimum atomic E-state index is -0.540. The van der Waals surface area contributed by atoms with Crippen LogP contribution in [0.5, 0.6) is 5.75 Å². The number of nitrogens with one attached hydrogen (secondary N) is 1. The number of amides is 1. The largest absolute Gasteiger partial charge is 0.490 e. The van der Waals surface area contributed by atoms with Gasteiger partial charge in [0.05, 0.1) is 11.1 Å². The van der Waals surface area contributed by atoms with Crippen molar-refractivity contribution in [1.29, 1.82) is 5.26 Å². The van der Waals surface area contributed by atoms with Crippen LogP contribution in [0.1, 0.15) is 39.2 Å². The Kier molecular flexibility index (Phi) is 4.52. The van der Waals surface area contributed by atoms with Gasteiger partial charge < -0.3 is 14.8 Å². The van der Waals surface area contributed by atoms with Gasteiger partial charge in [-0.05, 0) is 45.7 Å². The molecule has 1 aromatic carbocycles. The number of alkyl carbamates (subject to hydrolysis) is 1. The molecule has 0 unspecified atom stereocenters. The van der Waals surface area contributed by atoms with Gasteiger partial charge in [0.2, 0.25) is 0 Å². The van der Waals surface area contributed by atoms with E-state index in [1.807, 2.05) is 20.8 Å². The highest BCUT2D eigenvalue weighted by Crippen LogP contribution is 2.37. The zero-order valence-electron chi connectivity index (χ0n) is 12.9. The molecule has 118 valence electrons. The first kappa shape index (κ1) is 16.4. The third kappa shape index (κ3) is 4.54. The fourth-order valence-corrected chi connectivity index (χ4v) is 2.06. The first-order valence-electron chi connectivity index (χ1n) is 7.07. The molecule has 0 saturated heterocycles. The molecule has 0 atom stereocenters. The van der Waals surface area contributed by atoms with Gasteiger partial charge in [-0.15, -0.1) is 0 Å². The van der Waals surface area contributed by atoms with Crippen LogP contribution in [0.25, 0.3) is 0 Å². The highest BCUT2D eigenvalue weighted by atomic mass is 35.5. The first-order valence-corrected chi connectivity index (χ1v) is 7.44. The van der Waals surface area contributed by atoms with E-state index in [0.717, 1.165) is 12.8 Å². The van der Waals surface area contributed by atoms with Crippen molar-refractivity contribution in [3.05, 3.63) is 28.8 Å². The molecule has 1 aliphatic carbocycles. The fraction of sp³-hybridized carbons (Fsp3) is 0.500. The van der Waals surface area contributed by atoms with Crippen molar-refractivity contribution in [2.24, 2.45) is 0 Å². The Hall–Kier alpha value is -1.93. The van der Waals surface area contributed by atoms with Crippen LogP contribution >= 0.6 is 11.6 Å². The zero-order chi connectivity index (χ0) is 16.4. The van der Waals surface area contributed by atoms with E-state index < -0.39 is 17.2 Å². The summed E-state index contributed by atoms with van der Waals surface area (Å²) in [5, 5.41) is 12.4. The molecule has 1 fully saturated rings. The number of hydrogen-bond donors (Lipinski definition) is 1. The van der Waals surface area contributed by atoms with Crippen LogP contribution < -0.4 is 10.1 Å². The topological polar surface area (TPSA) is 71.3 Å². The quantitative estimate of drug-likeness (QED) is 0.918. The van der Waals surface area contributed by atoms with Crippen molar-refractivity contribution in [2.45, 2.75) is 44.8 Å². The van der Waals surface area contributed by atoms with Crippen LogP contribution in [0.3, 0.4) is 0 Å². The number of ether oxygens (including phenoxy) is 2. The normalized spacial score (nSPS) is 15.6. The Balaban J connectivity index is 1.96. The van der Waals surface area contributed by atoms with Gasteiger partial charge in [-0.2, -0.15) is 5.26 Å². The number of nitrogens with zero attached hydrogens (tertiary/aromatic N) is 1. The summed E-state index contributed by atoms with van der Waals surface area (Å²) in [6.07, 6.45) is 1.17. The minimum Gasteiger partial charge on any atom is -0.490 e. The van der Waals surface area contributed by atoms with E-state index in [-0.39, 0.29) is 6.61 Å². The molecule has 1 saturated carbocycles. The Morgan fingerprint density at radius 2 is 2.14 bits per heavy atom. The lowest BCUT2D eigenvalue weighted by molar-refractivity contribution is 0.0477. The van der Waals surface area contributed by atoms with Gasteiger partial charge >= 0.3 is 6.09 Å². The third-order valence-electron chi connectivity index (χ3n) is 3.19. The van der Waals surface area contributed by atoms with Gasteiger partial charge in [-0.3, -0.25) is 0 Å². The lowest BCUT2D eigenvalue weighted by atomic mass is 10.2. The molecule has 2 rings (SSSR count). The Morgan fingerprint density at radius 1 is 1.45 bits per heavy atom. The van der Waals surface area contributed by atoms with Crippen LogP contribution in [0, 0.1) is 11.3 Å². The molecule has 0 heterocycles. The van der Waals surface area contributed by atoms with Gasteiger partial charge in [0.1, 0.15) is 24.0 Å². The van der Waals surface area contributed by atoms with Crippen molar-refractivity contribution in [3.8, 4) is 11.8 Å². The number of nitriles is 1. The molecule has 1 N–H and O–H groups in total. The van der Waals surface area contributed by atoms with E-state index in [2.05, 4.69) is 11.4 Å². The SMILES string of the molecule is CC(C)(C)OC(=O)NC1(COc2cc(Cl)ccc2C#N)CC1. The fourth-order valence-electron chi connectivity index (χ4n) is 1.90. The standard InChI is InChI=1S/C16H19ClN2O3/c1-15(2,3)22-14(20)19-16(6-7-16)10-21-13-8-12(17)5-4-11(13)9-18/h4-5,8H,6-7,10H2,1-3H3,(H,19,20). The molecule has 0 spiro atoms. The van der Waals surface area contributed by atoms with Gasteiger partial charge in [-0.1, -0.05) is 11.6 Å². The zero-order valence-corrected chi connectivity index (χ0v) is 13.7. The summed E-state index contributed by atoms with van der Waals surface area (Å²) in [4.78, 5) is 11.8. The van der Waals surface area contributed by atoms with Crippen molar-refractivity contribution in [1.82, 2.24) is 5.32 Å². The van der Waals surface area contributed by atoms with E-state index in [1.165, 1.54) is 0 Å². The molecule has 5 nitrogen and oxygen atoms in total. The summed E-state index contributed by atoms with van der Waals surface area (Å²) in [6, 6.07) is 6.90. The second kappa shape index (κ2) is 6.05. The lowest BCUT2D eigenvalue weighted by Gasteiger charge is -2.23. The highest BCUT2D eigenvalue weighted by molar-refractivity contribution is 6.30. The van der Waals surface area contributed by atoms with Crippen LogP contribution in [-0.4, -0.2) is 23.8 Å². The molecule has 1 aliphatic rings. The first-order chi connectivity index (χ1) is 10.2. The maximum Gasteiger partial charge on any atom is 0.408 e. The molecule has 22 heavy (non-hydrogen) atoms. The Labute approximate surface area is 135 Å². The molecule has 0 bridgehead atoms. The van der Waals surface area contributed by atoms with Crippen LogP contribution in [0.15, 0.2) is 18.2 Å². The number of carbonyl (C=O) groups excluding carboxylic acids is 1. The minimum absolute atomic E-state index is 0.279. The van der Waals surface area contributed by atoms with E-state index in [1.54, 1.807) is 18.2 Å². The summed E-state index contributed by atoms with van der Waals surface area (Å²) < 4.78 is 10.9. The van der Waals surface area contributed by atoms with Gasteiger partial charge in [-0.25, -0.2) is 4.79 Å². The third-order valence-corrected chi connectivity index (χ3v) is 3.42. The van der Waals surface area contributed by atoms with Crippen molar-refractivity contribution < 1.29 is 14.3 Å². The molecular formula is C16H19ClN2O3. The number of carbonyl (C=O) groups is 1. The molecule has 1 amide bonds. The summed E-state index contributed by atoms with van der Waals surface area (Å²) in [5.41, 5.74) is -0.545. The van der Waals surface area contributed by atoms with Crippen molar-refractivity contribution >= 4 is 17.7 Å². The summed E-state index contributed by atoms with van der Waals surface area (Å²) in [6.45, 7) is 5.72. The van der Waals surface area contributed by atoms with E-state index in [4.69, 9.17) is 26.3 Å². The van der Waals surface area contributed by atoms with Crippen molar-refractivity contribution in [2.75, 3.05) is 6.61 Å². The van der Waals surface area contributed by atoms with Crippen LogP contribution in [-0.2, 0) is 4.74 Å². The molecule has 0 aromatic heterocycles. The molecule has 1 aromatic rings. The number of halogens is 1. The molecule has 6 heteroatoms. The lowest BCUT2D eigenvalue weighted by Crippen LogP contribution is -2.44. The van der Waals surface area contributed by atoms with Crippen LogP contribution in [0.2, 0.25) is 5.02 Å². The molecular weight excluding hydrogens is 304 g/mol. The van der Waals surface area contributed by atoms with Gasteiger partial charge in [0.15, 0.2) is 0 Å². The smallest absolute Gasteiger partial charge is 0.408 e. The van der Waals surface area contributed by atoms with Crippen LogP contribution in [0.4, 0.5) is 4.79 Å². The Bertz CT molecular complexity index is 613. The maximum absolute atomic E-state index is 11.8. The second-order valence-electron chi connectivity index (χ2n) is 6.45. The predicted octanol–water partition coefficient (Wildman–Crippen LogP) is 3.65.